The first-order chi connectivity index (χ1) is 10.6. The molecule has 2 rings (SSSR count). The number of rotatable bonds is 6. The third-order valence-corrected chi connectivity index (χ3v) is 3.68. The molecule has 120 valence electrons. The van der Waals surface area contributed by atoms with Gasteiger partial charge in [0.2, 0.25) is 5.91 Å². The van der Waals surface area contributed by atoms with Gasteiger partial charge in [0.05, 0.1) is 6.54 Å². The van der Waals surface area contributed by atoms with Crippen molar-refractivity contribution in [3.05, 3.63) is 28.2 Å². The summed E-state index contributed by atoms with van der Waals surface area (Å²) in [5, 5.41) is 6.62. The van der Waals surface area contributed by atoms with E-state index in [9.17, 15) is 14.4 Å². The number of aryl methyl sites for hydroxylation is 1. The fourth-order valence-electron chi connectivity index (χ4n) is 2.36. The lowest BCUT2D eigenvalue weighted by molar-refractivity contribution is -0.129. The van der Waals surface area contributed by atoms with Crippen molar-refractivity contribution in [1.82, 2.24) is 20.0 Å². The summed E-state index contributed by atoms with van der Waals surface area (Å²) in [4.78, 5) is 37.3. The second-order valence-corrected chi connectivity index (χ2v) is 5.40. The largest absolute Gasteiger partial charge is 0.342 e. The van der Waals surface area contributed by atoms with Gasteiger partial charge in [-0.15, -0.1) is 0 Å². The Bertz CT molecular complexity index is 591. The van der Waals surface area contributed by atoms with Crippen LogP contribution in [0.1, 0.15) is 43.1 Å². The van der Waals surface area contributed by atoms with Crippen molar-refractivity contribution < 1.29 is 9.59 Å². The number of nitrogens with one attached hydrogen (secondary N) is 1. The van der Waals surface area contributed by atoms with Crippen LogP contribution in [-0.4, -0.2) is 46.1 Å². The van der Waals surface area contributed by atoms with E-state index in [1.165, 1.54) is 16.8 Å². The van der Waals surface area contributed by atoms with Gasteiger partial charge in [-0.25, -0.2) is 4.68 Å². The highest BCUT2D eigenvalue weighted by Gasteiger charge is 2.19. The van der Waals surface area contributed by atoms with E-state index in [4.69, 9.17) is 0 Å². The van der Waals surface area contributed by atoms with Crippen molar-refractivity contribution in [2.75, 3.05) is 19.6 Å². The molecule has 0 bridgehead atoms. The van der Waals surface area contributed by atoms with E-state index in [1.54, 1.807) is 4.90 Å². The molecule has 0 saturated carbocycles. The van der Waals surface area contributed by atoms with Crippen LogP contribution in [0.3, 0.4) is 0 Å². The van der Waals surface area contributed by atoms with E-state index in [2.05, 4.69) is 10.4 Å². The summed E-state index contributed by atoms with van der Waals surface area (Å²) >= 11 is 0. The van der Waals surface area contributed by atoms with Gasteiger partial charge in [0.15, 0.2) is 0 Å². The van der Waals surface area contributed by atoms with Gasteiger partial charge in [0.25, 0.3) is 11.5 Å². The highest BCUT2D eigenvalue weighted by atomic mass is 16.2. The Morgan fingerprint density at radius 3 is 2.68 bits per heavy atom. The number of carbonyl (C=O) groups excluding carboxylic acids is 2. The summed E-state index contributed by atoms with van der Waals surface area (Å²) in [6.07, 6.45) is 3.80. The quantitative estimate of drug-likeness (QED) is 0.824. The van der Waals surface area contributed by atoms with Gasteiger partial charge in [-0.3, -0.25) is 14.4 Å². The van der Waals surface area contributed by atoms with Crippen LogP contribution >= 0.6 is 0 Å². The van der Waals surface area contributed by atoms with E-state index < -0.39 is 5.91 Å². The summed E-state index contributed by atoms with van der Waals surface area (Å²) in [7, 11) is 0. The average Bonchev–Trinajstić information content (AvgIpc) is 3.06. The molecule has 7 nitrogen and oxygen atoms in total. The predicted molar refractivity (Wildman–Crippen MR) is 81.6 cm³/mol. The number of unbranched alkanes of at least 4 members (excludes halogenated alkanes) is 1. The first kappa shape index (κ1) is 16.2. The Morgan fingerprint density at radius 1 is 1.27 bits per heavy atom. The monoisotopic (exact) mass is 306 g/mol. The van der Waals surface area contributed by atoms with Crippen LogP contribution in [0.4, 0.5) is 0 Å². The zero-order valence-corrected chi connectivity index (χ0v) is 12.9. The van der Waals surface area contributed by atoms with Crippen molar-refractivity contribution in [3.63, 3.8) is 0 Å². The lowest BCUT2D eigenvalue weighted by atomic mass is 10.3. The van der Waals surface area contributed by atoms with E-state index in [-0.39, 0.29) is 23.7 Å². The SMILES string of the molecule is CCCCn1nc(C(=O)NCC(=O)N2CCCC2)ccc1=O. The van der Waals surface area contributed by atoms with E-state index >= 15 is 0 Å². The molecular formula is C15H22N4O3. The Labute approximate surface area is 129 Å². The molecule has 2 amide bonds. The fraction of sp³-hybridized carbons (Fsp3) is 0.600. The normalized spacial score (nSPS) is 14.1. The molecule has 0 radical (unpaired) electrons. The maximum absolute atomic E-state index is 12.0. The van der Waals surface area contributed by atoms with Crippen molar-refractivity contribution in [2.45, 2.75) is 39.2 Å². The van der Waals surface area contributed by atoms with Gasteiger partial charge in [0.1, 0.15) is 5.69 Å². The Morgan fingerprint density at radius 2 is 2.00 bits per heavy atom. The summed E-state index contributed by atoms with van der Waals surface area (Å²) in [6, 6.07) is 2.72. The molecule has 22 heavy (non-hydrogen) atoms. The minimum Gasteiger partial charge on any atom is -0.342 e. The average molecular weight is 306 g/mol. The van der Waals surface area contributed by atoms with Crippen molar-refractivity contribution in [2.24, 2.45) is 0 Å². The number of hydrogen-bond donors (Lipinski definition) is 1. The summed E-state index contributed by atoms with van der Waals surface area (Å²) in [6.45, 7) is 3.99. The summed E-state index contributed by atoms with van der Waals surface area (Å²) in [5.74, 6) is -0.511. The number of amides is 2. The molecule has 0 aromatic carbocycles. The third kappa shape index (κ3) is 4.16. The van der Waals surface area contributed by atoms with Crippen molar-refractivity contribution in [3.8, 4) is 0 Å². The predicted octanol–water partition coefficient (Wildman–Crippen LogP) is 0.396. The second kappa shape index (κ2) is 7.72. The number of aromatic nitrogens is 2. The van der Waals surface area contributed by atoms with E-state index in [1.807, 2.05) is 6.92 Å². The van der Waals surface area contributed by atoms with Gasteiger partial charge in [-0.2, -0.15) is 5.10 Å². The number of carbonyl (C=O) groups is 2. The Kier molecular flexibility index (Phi) is 5.68. The van der Waals surface area contributed by atoms with Crippen LogP contribution in [0, 0.1) is 0 Å². The zero-order valence-electron chi connectivity index (χ0n) is 12.9. The van der Waals surface area contributed by atoms with Crippen LogP contribution < -0.4 is 10.9 Å². The topological polar surface area (TPSA) is 84.3 Å². The highest BCUT2D eigenvalue weighted by Crippen LogP contribution is 2.06. The minimum atomic E-state index is -0.433. The number of hydrogen-bond acceptors (Lipinski definition) is 4. The molecule has 7 heteroatoms. The summed E-state index contributed by atoms with van der Waals surface area (Å²) < 4.78 is 1.29. The molecule has 0 unspecified atom stereocenters. The van der Waals surface area contributed by atoms with Crippen LogP contribution in [-0.2, 0) is 11.3 Å². The molecule has 1 saturated heterocycles. The molecule has 1 aliphatic heterocycles. The standard InChI is InChI=1S/C15H22N4O3/c1-2-3-10-19-13(20)7-6-12(17-19)15(22)16-11-14(21)18-8-4-5-9-18/h6-7H,2-5,8-11H2,1H3,(H,16,22). The molecule has 0 aliphatic carbocycles. The van der Waals surface area contributed by atoms with Gasteiger partial charge in [-0.1, -0.05) is 13.3 Å². The van der Waals surface area contributed by atoms with Gasteiger partial charge in [-0.05, 0) is 25.3 Å². The molecule has 1 aromatic rings. The van der Waals surface area contributed by atoms with E-state index in [0.717, 1.165) is 38.8 Å². The lowest BCUT2D eigenvalue weighted by Gasteiger charge is -2.15. The molecule has 2 heterocycles. The molecular weight excluding hydrogens is 284 g/mol. The molecule has 0 atom stereocenters. The summed E-state index contributed by atoms with van der Waals surface area (Å²) in [5.41, 5.74) is -0.0666. The smallest absolute Gasteiger partial charge is 0.272 e. The fourth-order valence-corrected chi connectivity index (χ4v) is 2.36. The molecule has 1 aliphatic rings. The van der Waals surface area contributed by atoms with E-state index in [0.29, 0.717) is 6.54 Å². The first-order valence-electron chi connectivity index (χ1n) is 7.76. The van der Waals surface area contributed by atoms with Crippen LogP contribution in [0.25, 0.3) is 0 Å². The third-order valence-electron chi connectivity index (χ3n) is 3.68. The van der Waals surface area contributed by atoms with Crippen LogP contribution in [0.5, 0.6) is 0 Å². The van der Waals surface area contributed by atoms with Crippen molar-refractivity contribution >= 4 is 11.8 Å². The maximum Gasteiger partial charge on any atom is 0.272 e. The Hall–Kier alpha value is -2.18. The molecule has 0 spiro atoms. The maximum atomic E-state index is 12.0. The zero-order chi connectivity index (χ0) is 15.9. The minimum absolute atomic E-state index is 0.0331. The number of likely N-dealkylation sites (tertiary alicyclic amines) is 1. The molecule has 1 aromatic heterocycles. The Balaban J connectivity index is 1.94. The highest BCUT2D eigenvalue weighted by molar-refractivity contribution is 5.94. The van der Waals surface area contributed by atoms with Crippen LogP contribution in [0.15, 0.2) is 16.9 Å². The van der Waals surface area contributed by atoms with Gasteiger partial charge < -0.3 is 10.2 Å². The second-order valence-electron chi connectivity index (χ2n) is 5.40. The molecule has 1 fully saturated rings. The first-order valence-corrected chi connectivity index (χ1v) is 7.76. The van der Waals surface area contributed by atoms with Gasteiger partial charge >= 0.3 is 0 Å². The van der Waals surface area contributed by atoms with Crippen LogP contribution in [0.2, 0.25) is 0 Å². The number of nitrogens with zero attached hydrogens (tertiary/aromatic N) is 3. The molecule has 1 N–H and O–H groups in total. The lowest BCUT2D eigenvalue weighted by Crippen LogP contribution is -2.39. The van der Waals surface area contributed by atoms with Gasteiger partial charge in [0, 0.05) is 25.7 Å². The van der Waals surface area contributed by atoms with Crippen molar-refractivity contribution in [1.29, 1.82) is 0 Å².